The van der Waals surface area contributed by atoms with E-state index in [4.69, 9.17) is 0 Å². The lowest BCUT2D eigenvalue weighted by Gasteiger charge is -2.35. The van der Waals surface area contributed by atoms with Gasteiger partial charge in [0.15, 0.2) is 5.82 Å². The van der Waals surface area contributed by atoms with Gasteiger partial charge < -0.3 is 9.80 Å². The Morgan fingerprint density at radius 1 is 0.778 bits per heavy atom. The van der Waals surface area contributed by atoms with E-state index in [-0.39, 0.29) is 0 Å². The van der Waals surface area contributed by atoms with Crippen molar-refractivity contribution < 1.29 is 0 Å². The van der Waals surface area contributed by atoms with Crippen molar-refractivity contribution in [2.45, 2.75) is 27.7 Å². The van der Waals surface area contributed by atoms with Gasteiger partial charge >= 0.3 is 0 Å². The molecule has 1 aliphatic rings. The fourth-order valence-electron chi connectivity index (χ4n) is 3.35. The summed E-state index contributed by atoms with van der Waals surface area (Å²) in [5.41, 5.74) is 3.13. The molecule has 1 fully saturated rings. The summed E-state index contributed by atoms with van der Waals surface area (Å²) in [5, 5.41) is 4.55. The maximum Gasteiger partial charge on any atom is 0.225 e. The number of hydrogen-bond acceptors (Lipinski definition) is 7. The summed E-state index contributed by atoms with van der Waals surface area (Å²) in [6, 6.07) is 4.07. The molecule has 140 valence electrons. The zero-order valence-electron chi connectivity index (χ0n) is 16.2. The molecule has 4 rings (SSSR count). The Morgan fingerprint density at radius 3 is 2.04 bits per heavy atom. The molecule has 0 N–H and O–H groups in total. The topological polar surface area (TPSA) is 75.9 Å². The number of nitrogens with zero attached hydrogens (tertiary/aromatic N) is 8. The molecule has 4 heterocycles. The first kappa shape index (κ1) is 17.4. The van der Waals surface area contributed by atoms with E-state index in [2.05, 4.69) is 40.9 Å². The van der Waals surface area contributed by atoms with E-state index in [0.717, 1.165) is 66.5 Å². The summed E-state index contributed by atoms with van der Waals surface area (Å²) in [5.74, 6) is 3.30. The fraction of sp³-hybridized carbons (Fsp3) is 0.421. The molecule has 3 aromatic rings. The van der Waals surface area contributed by atoms with Crippen LogP contribution in [0.25, 0.3) is 5.82 Å². The molecule has 0 atom stereocenters. The van der Waals surface area contributed by atoms with Crippen LogP contribution in [0.4, 0.5) is 11.8 Å². The third-order valence-electron chi connectivity index (χ3n) is 4.69. The Morgan fingerprint density at radius 2 is 1.41 bits per heavy atom. The van der Waals surface area contributed by atoms with Gasteiger partial charge in [-0.1, -0.05) is 0 Å². The van der Waals surface area contributed by atoms with Gasteiger partial charge in [-0.3, -0.25) is 0 Å². The highest BCUT2D eigenvalue weighted by molar-refractivity contribution is 5.47. The average Bonchev–Trinajstić information content (AvgIpc) is 3.00. The van der Waals surface area contributed by atoms with Crippen molar-refractivity contribution in [1.82, 2.24) is 29.7 Å². The fourth-order valence-corrected chi connectivity index (χ4v) is 3.35. The quantitative estimate of drug-likeness (QED) is 0.704. The summed E-state index contributed by atoms with van der Waals surface area (Å²) < 4.78 is 1.88. The van der Waals surface area contributed by atoms with Gasteiger partial charge in [0.1, 0.15) is 11.6 Å². The summed E-state index contributed by atoms with van der Waals surface area (Å²) in [6.45, 7) is 11.4. The SMILES string of the molecule is Cc1cnc(N2CCN(c3cc(-n4nc(C)cc4C)nc(C)n3)CC2)nc1. The number of aromatic nitrogens is 6. The Bertz CT molecular complexity index is 939. The number of piperazine rings is 1. The van der Waals surface area contributed by atoms with E-state index in [0.29, 0.717) is 0 Å². The molecule has 0 saturated carbocycles. The zero-order chi connectivity index (χ0) is 19.0. The molecule has 0 radical (unpaired) electrons. The molecule has 0 unspecified atom stereocenters. The van der Waals surface area contributed by atoms with Crippen LogP contribution in [0.15, 0.2) is 24.5 Å². The molecule has 8 nitrogen and oxygen atoms in total. The van der Waals surface area contributed by atoms with Crippen LogP contribution in [0.1, 0.15) is 22.8 Å². The number of rotatable bonds is 3. The first-order valence-corrected chi connectivity index (χ1v) is 9.17. The molecular formula is C19H24N8. The monoisotopic (exact) mass is 364 g/mol. The van der Waals surface area contributed by atoms with Gasteiger partial charge in [-0.2, -0.15) is 5.10 Å². The molecule has 27 heavy (non-hydrogen) atoms. The normalized spacial score (nSPS) is 14.7. The number of hydrogen-bond donors (Lipinski definition) is 0. The van der Waals surface area contributed by atoms with Crippen LogP contribution < -0.4 is 9.80 Å². The lowest BCUT2D eigenvalue weighted by molar-refractivity contribution is 0.631. The lowest BCUT2D eigenvalue weighted by atomic mass is 10.3. The molecular weight excluding hydrogens is 340 g/mol. The van der Waals surface area contributed by atoms with Gasteiger partial charge in [0, 0.05) is 50.3 Å². The van der Waals surface area contributed by atoms with E-state index >= 15 is 0 Å². The van der Waals surface area contributed by atoms with Crippen molar-refractivity contribution in [2.24, 2.45) is 0 Å². The molecule has 0 aromatic carbocycles. The highest BCUT2D eigenvalue weighted by Crippen LogP contribution is 2.20. The smallest absolute Gasteiger partial charge is 0.225 e. The first-order chi connectivity index (χ1) is 13.0. The largest absolute Gasteiger partial charge is 0.353 e. The van der Waals surface area contributed by atoms with Gasteiger partial charge in [0.25, 0.3) is 0 Å². The van der Waals surface area contributed by atoms with E-state index in [1.54, 1.807) is 0 Å². The van der Waals surface area contributed by atoms with Crippen molar-refractivity contribution >= 4 is 11.8 Å². The minimum atomic E-state index is 0.749. The summed E-state index contributed by atoms with van der Waals surface area (Å²) in [4.78, 5) is 22.6. The van der Waals surface area contributed by atoms with Crippen molar-refractivity contribution in [3.05, 3.63) is 47.3 Å². The molecule has 0 bridgehead atoms. The van der Waals surface area contributed by atoms with Crippen LogP contribution >= 0.6 is 0 Å². The summed E-state index contributed by atoms with van der Waals surface area (Å²) in [7, 11) is 0. The van der Waals surface area contributed by atoms with Crippen LogP contribution in [0.2, 0.25) is 0 Å². The first-order valence-electron chi connectivity index (χ1n) is 9.17. The number of aryl methyl sites for hydroxylation is 4. The second-order valence-electron chi connectivity index (χ2n) is 7.00. The third kappa shape index (κ3) is 3.60. The minimum absolute atomic E-state index is 0.749. The van der Waals surface area contributed by atoms with Crippen LogP contribution in [0.3, 0.4) is 0 Å². The van der Waals surface area contributed by atoms with Gasteiger partial charge in [0.2, 0.25) is 5.95 Å². The average molecular weight is 364 g/mol. The molecule has 0 amide bonds. The van der Waals surface area contributed by atoms with Gasteiger partial charge in [-0.15, -0.1) is 0 Å². The molecule has 3 aromatic heterocycles. The Kier molecular flexibility index (Phi) is 4.47. The van der Waals surface area contributed by atoms with Crippen LogP contribution in [-0.4, -0.2) is 55.9 Å². The maximum absolute atomic E-state index is 4.65. The van der Waals surface area contributed by atoms with Gasteiger partial charge in [-0.05, 0) is 39.3 Å². The van der Waals surface area contributed by atoms with E-state index in [1.807, 2.05) is 50.8 Å². The third-order valence-corrected chi connectivity index (χ3v) is 4.69. The van der Waals surface area contributed by atoms with Crippen molar-refractivity contribution in [3.8, 4) is 5.82 Å². The zero-order valence-corrected chi connectivity index (χ0v) is 16.2. The molecule has 8 heteroatoms. The van der Waals surface area contributed by atoms with E-state index in [1.165, 1.54) is 0 Å². The summed E-state index contributed by atoms with van der Waals surface area (Å²) >= 11 is 0. The predicted molar refractivity (Wildman–Crippen MR) is 105 cm³/mol. The highest BCUT2D eigenvalue weighted by atomic mass is 15.4. The minimum Gasteiger partial charge on any atom is -0.353 e. The second-order valence-corrected chi connectivity index (χ2v) is 7.00. The Hall–Kier alpha value is -3.03. The second kappa shape index (κ2) is 6.94. The molecule has 1 saturated heterocycles. The summed E-state index contributed by atoms with van der Waals surface area (Å²) in [6.07, 6.45) is 3.73. The lowest BCUT2D eigenvalue weighted by Crippen LogP contribution is -2.47. The van der Waals surface area contributed by atoms with Crippen molar-refractivity contribution in [3.63, 3.8) is 0 Å². The molecule has 0 spiro atoms. The van der Waals surface area contributed by atoms with E-state index in [9.17, 15) is 0 Å². The predicted octanol–water partition coefficient (Wildman–Crippen LogP) is 2.01. The Labute approximate surface area is 158 Å². The van der Waals surface area contributed by atoms with Crippen LogP contribution in [0, 0.1) is 27.7 Å². The van der Waals surface area contributed by atoms with Gasteiger partial charge in [0.05, 0.1) is 5.69 Å². The highest BCUT2D eigenvalue weighted by Gasteiger charge is 2.21. The molecule has 0 aliphatic carbocycles. The van der Waals surface area contributed by atoms with Crippen molar-refractivity contribution in [1.29, 1.82) is 0 Å². The standard InChI is InChI=1S/C19H24N8/c1-13-11-20-19(21-12-13)26-7-5-25(6-8-26)17-10-18(23-16(4)22-17)27-15(3)9-14(2)24-27/h9-12H,5-8H2,1-4H3. The van der Waals surface area contributed by atoms with Crippen LogP contribution in [-0.2, 0) is 0 Å². The Balaban J connectivity index is 1.53. The maximum atomic E-state index is 4.65. The van der Waals surface area contributed by atoms with E-state index < -0.39 is 0 Å². The van der Waals surface area contributed by atoms with Crippen LogP contribution in [0.5, 0.6) is 0 Å². The number of anilines is 2. The molecule has 1 aliphatic heterocycles. The van der Waals surface area contributed by atoms with Gasteiger partial charge in [-0.25, -0.2) is 24.6 Å². The van der Waals surface area contributed by atoms with Crippen molar-refractivity contribution in [2.75, 3.05) is 36.0 Å².